The lowest BCUT2D eigenvalue weighted by Gasteiger charge is -2.25. The van der Waals surface area contributed by atoms with Crippen LogP contribution in [0.5, 0.6) is 11.5 Å². The number of hydrogen-bond donors (Lipinski definition) is 0. The Hall–Kier alpha value is -2.16. The lowest BCUT2D eigenvalue weighted by Crippen LogP contribution is -2.38. The van der Waals surface area contributed by atoms with Crippen molar-refractivity contribution in [3.63, 3.8) is 0 Å². The van der Waals surface area contributed by atoms with Gasteiger partial charge >= 0.3 is 0 Å². The summed E-state index contributed by atoms with van der Waals surface area (Å²) in [4.78, 5) is 22.4. The quantitative estimate of drug-likeness (QED) is 0.476. The van der Waals surface area contributed by atoms with E-state index in [4.69, 9.17) is 14.5 Å². The van der Waals surface area contributed by atoms with Gasteiger partial charge in [-0.3, -0.25) is 9.69 Å². The zero-order valence-electron chi connectivity index (χ0n) is 17.1. The average molecular weight is 490 g/mol. The van der Waals surface area contributed by atoms with Gasteiger partial charge in [0.25, 0.3) is 5.91 Å². The minimum absolute atomic E-state index is 0.0859. The number of thiazole rings is 1. The van der Waals surface area contributed by atoms with Gasteiger partial charge in [-0.2, -0.15) is 0 Å². The number of carbonyl (C=O) groups excluding carboxylic acids is 1. The van der Waals surface area contributed by atoms with Crippen LogP contribution in [0.3, 0.4) is 0 Å². The zero-order chi connectivity index (χ0) is 21.1. The van der Waals surface area contributed by atoms with Crippen LogP contribution in [0.2, 0.25) is 0 Å². The van der Waals surface area contributed by atoms with Gasteiger partial charge in [0.15, 0.2) is 16.6 Å². The van der Waals surface area contributed by atoms with Crippen molar-refractivity contribution in [2.24, 2.45) is 0 Å². The molecule has 0 bridgehead atoms. The van der Waals surface area contributed by atoms with Crippen LogP contribution in [0.4, 0.5) is 5.13 Å². The molecular weight excluding hydrogens is 466 g/mol. The smallest absolute Gasteiger partial charge is 0.260 e. The molecule has 2 heterocycles. The Bertz CT molecular complexity index is 1050. The number of nitrogens with zero attached hydrogens (tertiary/aromatic N) is 3. The van der Waals surface area contributed by atoms with Gasteiger partial charge in [0.05, 0.1) is 10.2 Å². The first-order chi connectivity index (χ1) is 14.6. The van der Waals surface area contributed by atoms with E-state index >= 15 is 0 Å². The largest absolute Gasteiger partial charge is 0.486 e. The highest BCUT2D eigenvalue weighted by Gasteiger charge is 2.24. The van der Waals surface area contributed by atoms with E-state index in [0.717, 1.165) is 34.3 Å². The number of aromatic nitrogens is 1. The van der Waals surface area contributed by atoms with Gasteiger partial charge in [0.1, 0.15) is 13.2 Å². The number of amides is 1. The lowest BCUT2D eigenvalue weighted by molar-refractivity contribution is 0.0982. The molecule has 0 saturated heterocycles. The molecule has 1 aliphatic heterocycles. The Kier molecular flexibility index (Phi) is 6.55. The molecule has 0 unspecified atom stereocenters. The fourth-order valence-electron chi connectivity index (χ4n) is 3.40. The average Bonchev–Trinajstić information content (AvgIpc) is 3.18. The van der Waals surface area contributed by atoms with Crippen molar-refractivity contribution in [1.82, 2.24) is 9.88 Å². The minimum atomic E-state index is -0.0859. The van der Waals surface area contributed by atoms with E-state index in [1.54, 1.807) is 23.1 Å². The summed E-state index contributed by atoms with van der Waals surface area (Å²) in [5, 5.41) is 0.704. The molecule has 0 atom stereocenters. The molecule has 1 aliphatic rings. The number of fused-ring (bicyclic) bond motifs is 2. The topological polar surface area (TPSA) is 54.9 Å². The van der Waals surface area contributed by atoms with Gasteiger partial charge in [-0.15, -0.1) is 0 Å². The molecule has 2 aromatic carbocycles. The third-order valence-corrected chi connectivity index (χ3v) is 6.67. The SMILES string of the molecule is CCN(CC)CCN(C(=O)c1ccc2c(c1)OCCO2)c1nc2ccc(Br)cc2s1. The fraction of sp³-hybridized carbons (Fsp3) is 0.364. The van der Waals surface area contributed by atoms with E-state index in [9.17, 15) is 4.79 Å². The molecule has 0 radical (unpaired) electrons. The highest BCUT2D eigenvalue weighted by atomic mass is 79.9. The van der Waals surface area contributed by atoms with E-state index < -0.39 is 0 Å². The summed E-state index contributed by atoms with van der Waals surface area (Å²) in [5.74, 6) is 1.21. The van der Waals surface area contributed by atoms with Gasteiger partial charge in [0.2, 0.25) is 0 Å². The minimum Gasteiger partial charge on any atom is -0.486 e. The molecule has 6 nitrogen and oxygen atoms in total. The first-order valence-electron chi connectivity index (χ1n) is 10.1. The molecule has 1 aromatic heterocycles. The molecule has 158 valence electrons. The second kappa shape index (κ2) is 9.32. The molecule has 0 spiro atoms. The molecule has 8 heteroatoms. The summed E-state index contributed by atoms with van der Waals surface area (Å²) >= 11 is 5.04. The Labute approximate surface area is 188 Å². The van der Waals surface area contributed by atoms with Crippen LogP contribution in [0.15, 0.2) is 40.9 Å². The van der Waals surface area contributed by atoms with E-state index in [1.165, 1.54) is 11.3 Å². The molecule has 30 heavy (non-hydrogen) atoms. The maximum absolute atomic E-state index is 13.5. The van der Waals surface area contributed by atoms with Crippen LogP contribution in [0, 0.1) is 0 Å². The normalized spacial score (nSPS) is 13.1. The molecule has 0 N–H and O–H groups in total. The number of halogens is 1. The maximum Gasteiger partial charge on any atom is 0.260 e. The van der Waals surface area contributed by atoms with Crippen LogP contribution in [-0.2, 0) is 0 Å². The Morgan fingerprint density at radius 2 is 1.83 bits per heavy atom. The monoisotopic (exact) mass is 489 g/mol. The third-order valence-electron chi connectivity index (χ3n) is 5.14. The molecule has 0 aliphatic carbocycles. The van der Waals surface area contributed by atoms with Gasteiger partial charge in [-0.05, 0) is 49.5 Å². The van der Waals surface area contributed by atoms with Gasteiger partial charge < -0.3 is 14.4 Å². The Morgan fingerprint density at radius 3 is 2.60 bits per heavy atom. The van der Waals surface area contributed by atoms with Crippen LogP contribution in [0.1, 0.15) is 24.2 Å². The van der Waals surface area contributed by atoms with Crippen molar-refractivity contribution in [2.45, 2.75) is 13.8 Å². The summed E-state index contributed by atoms with van der Waals surface area (Å²) in [6.45, 7) is 8.50. The first kappa shape index (κ1) is 21.1. The number of likely N-dealkylation sites (N-methyl/N-ethyl adjacent to an activating group) is 1. The number of rotatable bonds is 7. The Morgan fingerprint density at radius 1 is 1.07 bits per heavy atom. The summed E-state index contributed by atoms with van der Waals surface area (Å²) in [6, 6.07) is 11.3. The molecule has 0 fully saturated rings. The number of hydrogen-bond acceptors (Lipinski definition) is 6. The molecule has 3 aromatic rings. The maximum atomic E-state index is 13.5. The summed E-state index contributed by atoms with van der Waals surface area (Å²) in [5.41, 5.74) is 1.46. The number of carbonyl (C=O) groups is 1. The van der Waals surface area contributed by atoms with E-state index in [2.05, 4.69) is 34.7 Å². The van der Waals surface area contributed by atoms with Crippen LogP contribution < -0.4 is 14.4 Å². The molecule has 1 amide bonds. The van der Waals surface area contributed by atoms with Gasteiger partial charge in [0, 0.05) is 23.1 Å². The number of anilines is 1. The van der Waals surface area contributed by atoms with Crippen molar-refractivity contribution < 1.29 is 14.3 Å². The van der Waals surface area contributed by atoms with Crippen LogP contribution in [0.25, 0.3) is 10.2 Å². The number of ether oxygens (including phenoxy) is 2. The summed E-state index contributed by atoms with van der Waals surface area (Å²) in [7, 11) is 0. The summed E-state index contributed by atoms with van der Waals surface area (Å²) < 4.78 is 13.3. The van der Waals surface area contributed by atoms with Gasteiger partial charge in [-0.25, -0.2) is 4.98 Å². The molecule has 4 rings (SSSR count). The number of benzene rings is 2. The van der Waals surface area contributed by atoms with E-state index in [-0.39, 0.29) is 5.91 Å². The third kappa shape index (κ3) is 4.45. The molecule has 0 saturated carbocycles. The van der Waals surface area contributed by atoms with Crippen LogP contribution >= 0.6 is 27.3 Å². The predicted octanol–water partition coefficient (Wildman–Crippen LogP) is 4.82. The highest BCUT2D eigenvalue weighted by molar-refractivity contribution is 9.10. The summed E-state index contributed by atoms with van der Waals surface area (Å²) in [6.07, 6.45) is 0. The van der Waals surface area contributed by atoms with Crippen LogP contribution in [-0.4, -0.2) is 55.2 Å². The predicted molar refractivity (Wildman–Crippen MR) is 124 cm³/mol. The van der Waals surface area contributed by atoms with Crippen molar-refractivity contribution in [2.75, 3.05) is 44.3 Å². The first-order valence-corrected chi connectivity index (χ1v) is 11.7. The zero-order valence-corrected chi connectivity index (χ0v) is 19.5. The lowest BCUT2D eigenvalue weighted by atomic mass is 10.1. The van der Waals surface area contributed by atoms with E-state index in [0.29, 0.717) is 42.0 Å². The fourth-order valence-corrected chi connectivity index (χ4v) is 4.94. The van der Waals surface area contributed by atoms with Crippen molar-refractivity contribution in [3.8, 4) is 11.5 Å². The standard InChI is InChI=1S/C22H24BrN3O3S/c1-3-25(4-2)9-10-26(22-24-17-7-6-16(23)14-20(17)30-22)21(27)15-5-8-18-19(13-15)29-12-11-28-18/h5-8,13-14H,3-4,9-12H2,1-2H3. The van der Waals surface area contributed by atoms with E-state index in [1.807, 2.05) is 18.2 Å². The van der Waals surface area contributed by atoms with Crippen molar-refractivity contribution in [3.05, 3.63) is 46.4 Å². The van der Waals surface area contributed by atoms with Crippen molar-refractivity contribution in [1.29, 1.82) is 0 Å². The van der Waals surface area contributed by atoms with Gasteiger partial charge in [-0.1, -0.05) is 41.1 Å². The van der Waals surface area contributed by atoms with Crippen molar-refractivity contribution >= 4 is 48.5 Å². The second-order valence-corrected chi connectivity index (χ2v) is 8.88. The second-order valence-electron chi connectivity index (χ2n) is 6.95. The Balaban J connectivity index is 1.67. The molecular formula is C22H24BrN3O3S. The highest BCUT2D eigenvalue weighted by Crippen LogP contribution is 2.34.